The van der Waals surface area contributed by atoms with Crippen molar-refractivity contribution < 1.29 is 14.3 Å². The molecule has 1 aromatic rings. The maximum absolute atomic E-state index is 11.8. The minimum absolute atomic E-state index is 0. The van der Waals surface area contributed by atoms with Gasteiger partial charge in [0.2, 0.25) is 5.91 Å². The van der Waals surface area contributed by atoms with Gasteiger partial charge in [0.05, 0.1) is 18.4 Å². The third kappa shape index (κ3) is 7.56. The van der Waals surface area contributed by atoms with Gasteiger partial charge in [0, 0.05) is 12.2 Å². The highest BCUT2D eigenvalue weighted by Gasteiger charge is 2.16. The first kappa shape index (κ1) is 19.2. The van der Waals surface area contributed by atoms with Gasteiger partial charge >= 0.3 is 5.97 Å². The van der Waals surface area contributed by atoms with Crippen LogP contribution < -0.4 is 11.1 Å². The Balaban J connectivity index is 0.00000400. The molecule has 0 bridgehead atoms. The second-order valence-corrected chi connectivity index (χ2v) is 5.11. The largest absolute Gasteiger partial charge is 0.463 e. The average Bonchev–Trinajstić information content (AvgIpc) is 2.38. The molecule has 0 aromatic heterocycles. The number of nitrogen functional groups attached to an aromatic ring is 1. The minimum atomic E-state index is -0.354. The normalized spacial score (nSPS) is 11.4. The van der Waals surface area contributed by atoms with Crippen molar-refractivity contribution in [2.75, 3.05) is 12.3 Å². The zero-order valence-electron chi connectivity index (χ0n) is 12.6. The predicted octanol–water partition coefficient (Wildman–Crippen LogP) is 1.94. The SMILES string of the molecule is CC(C)OC(=O)C(C)CNC(=O)Cc1ccc(N)cc1.Cl. The van der Waals surface area contributed by atoms with E-state index in [1.54, 1.807) is 32.9 Å². The number of ether oxygens (including phenoxy) is 1. The summed E-state index contributed by atoms with van der Waals surface area (Å²) >= 11 is 0. The summed E-state index contributed by atoms with van der Waals surface area (Å²) in [6, 6.07) is 7.13. The lowest BCUT2D eigenvalue weighted by molar-refractivity contribution is -0.151. The van der Waals surface area contributed by atoms with E-state index in [0.717, 1.165) is 5.56 Å². The van der Waals surface area contributed by atoms with Crippen LogP contribution in [0.1, 0.15) is 26.3 Å². The number of esters is 1. The fourth-order valence-corrected chi connectivity index (χ4v) is 1.58. The lowest BCUT2D eigenvalue weighted by atomic mass is 10.1. The van der Waals surface area contributed by atoms with Crippen molar-refractivity contribution in [2.24, 2.45) is 5.92 Å². The standard InChI is InChI=1S/C15H22N2O3.ClH/c1-10(2)20-15(19)11(3)9-17-14(18)8-12-4-6-13(16)7-5-12;/h4-7,10-11H,8-9,16H2,1-3H3,(H,17,18);1H. The number of hydrogen-bond donors (Lipinski definition) is 2. The molecule has 0 fully saturated rings. The summed E-state index contributed by atoms with van der Waals surface area (Å²) in [5.41, 5.74) is 7.13. The maximum Gasteiger partial charge on any atom is 0.310 e. The van der Waals surface area contributed by atoms with E-state index in [0.29, 0.717) is 5.69 Å². The van der Waals surface area contributed by atoms with Crippen LogP contribution in [0.15, 0.2) is 24.3 Å². The third-order valence-electron chi connectivity index (χ3n) is 2.70. The monoisotopic (exact) mass is 314 g/mol. The third-order valence-corrected chi connectivity index (χ3v) is 2.70. The number of carbonyl (C=O) groups excluding carboxylic acids is 2. The lowest BCUT2D eigenvalue weighted by Crippen LogP contribution is -2.34. The van der Waals surface area contributed by atoms with Crippen molar-refractivity contribution in [3.05, 3.63) is 29.8 Å². The molecule has 0 aliphatic heterocycles. The summed E-state index contributed by atoms with van der Waals surface area (Å²) in [4.78, 5) is 23.3. The van der Waals surface area contributed by atoms with Crippen LogP contribution in [-0.2, 0) is 20.7 Å². The van der Waals surface area contributed by atoms with Gasteiger partial charge < -0.3 is 15.8 Å². The number of halogens is 1. The van der Waals surface area contributed by atoms with Crippen molar-refractivity contribution in [3.8, 4) is 0 Å². The number of nitrogens with two attached hydrogens (primary N) is 1. The fourth-order valence-electron chi connectivity index (χ4n) is 1.58. The Morgan fingerprint density at radius 3 is 2.29 bits per heavy atom. The van der Waals surface area contributed by atoms with E-state index in [4.69, 9.17) is 10.5 Å². The molecule has 1 rings (SSSR count). The lowest BCUT2D eigenvalue weighted by Gasteiger charge is -2.14. The van der Waals surface area contributed by atoms with Crippen LogP contribution in [0.25, 0.3) is 0 Å². The van der Waals surface area contributed by atoms with Crippen LogP contribution in [0, 0.1) is 5.92 Å². The fraction of sp³-hybridized carbons (Fsp3) is 0.467. The Hall–Kier alpha value is -1.75. The Bertz CT molecular complexity index is 460. The first-order valence-electron chi connectivity index (χ1n) is 6.70. The first-order valence-corrected chi connectivity index (χ1v) is 6.70. The average molecular weight is 315 g/mol. The molecular formula is C15H23ClN2O3. The molecule has 21 heavy (non-hydrogen) atoms. The van der Waals surface area contributed by atoms with E-state index in [2.05, 4.69) is 5.32 Å². The van der Waals surface area contributed by atoms with E-state index in [-0.39, 0.29) is 49.3 Å². The van der Waals surface area contributed by atoms with Gasteiger partial charge in [0.1, 0.15) is 0 Å². The number of nitrogens with one attached hydrogen (secondary N) is 1. The highest BCUT2D eigenvalue weighted by atomic mass is 35.5. The summed E-state index contributed by atoms with van der Waals surface area (Å²) in [6.07, 6.45) is 0.127. The molecule has 0 aliphatic rings. The number of rotatable bonds is 6. The first-order chi connectivity index (χ1) is 9.38. The molecule has 0 saturated heterocycles. The highest BCUT2D eigenvalue weighted by molar-refractivity contribution is 5.85. The van der Waals surface area contributed by atoms with Gasteiger partial charge in [-0.2, -0.15) is 0 Å². The summed E-state index contributed by atoms with van der Waals surface area (Å²) in [5.74, 6) is -0.778. The Labute approximate surface area is 131 Å². The number of benzene rings is 1. The van der Waals surface area contributed by atoms with Crippen molar-refractivity contribution >= 4 is 30.0 Å². The molecular weight excluding hydrogens is 292 g/mol. The zero-order valence-corrected chi connectivity index (χ0v) is 13.4. The van der Waals surface area contributed by atoms with E-state index >= 15 is 0 Å². The molecule has 1 unspecified atom stereocenters. The molecule has 0 spiro atoms. The van der Waals surface area contributed by atoms with Crippen LogP contribution in [-0.4, -0.2) is 24.5 Å². The Kier molecular flexibility index (Phi) is 8.47. The molecule has 0 radical (unpaired) electrons. The molecule has 0 saturated carbocycles. The van der Waals surface area contributed by atoms with Crippen LogP contribution in [0.2, 0.25) is 0 Å². The van der Waals surface area contributed by atoms with Crippen molar-refractivity contribution in [1.29, 1.82) is 0 Å². The molecule has 1 atom stereocenters. The van der Waals surface area contributed by atoms with Gasteiger partial charge in [-0.3, -0.25) is 9.59 Å². The molecule has 0 aliphatic carbocycles. The molecule has 118 valence electrons. The number of amides is 1. The van der Waals surface area contributed by atoms with Crippen LogP contribution in [0.4, 0.5) is 5.69 Å². The van der Waals surface area contributed by atoms with E-state index in [9.17, 15) is 9.59 Å². The summed E-state index contributed by atoms with van der Waals surface area (Å²) in [7, 11) is 0. The minimum Gasteiger partial charge on any atom is -0.463 e. The van der Waals surface area contributed by atoms with E-state index in [1.165, 1.54) is 0 Å². The Morgan fingerprint density at radius 2 is 1.76 bits per heavy atom. The van der Waals surface area contributed by atoms with Gasteiger partial charge in [0.15, 0.2) is 0 Å². The van der Waals surface area contributed by atoms with Crippen molar-refractivity contribution in [2.45, 2.75) is 33.3 Å². The van der Waals surface area contributed by atoms with E-state index in [1.807, 2.05) is 12.1 Å². The van der Waals surface area contributed by atoms with Crippen molar-refractivity contribution in [3.63, 3.8) is 0 Å². The second kappa shape index (κ2) is 9.23. The summed E-state index contributed by atoms with van der Waals surface area (Å²) in [5, 5.41) is 2.73. The topological polar surface area (TPSA) is 81.4 Å². The van der Waals surface area contributed by atoms with Crippen LogP contribution in [0.3, 0.4) is 0 Å². The molecule has 0 heterocycles. The van der Waals surface area contributed by atoms with Gasteiger partial charge in [-0.15, -0.1) is 12.4 Å². The number of anilines is 1. The molecule has 3 N–H and O–H groups in total. The molecule has 6 heteroatoms. The predicted molar refractivity (Wildman–Crippen MR) is 85.2 cm³/mol. The maximum atomic E-state index is 11.8. The van der Waals surface area contributed by atoms with E-state index < -0.39 is 0 Å². The van der Waals surface area contributed by atoms with Gasteiger partial charge in [-0.25, -0.2) is 0 Å². The smallest absolute Gasteiger partial charge is 0.310 e. The highest BCUT2D eigenvalue weighted by Crippen LogP contribution is 2.06. The summed E-state index contributed by atoms with van der Waals surface area (Å²) in [6.45, 7) is 5.60. The van der Waals surface area contributed by atoms with Crippen molar-refractivity contribution in [1.82, 2.24) is 5.32 Å². The summed E-state index contributed by atoms with van der Waals surface area (Å²) < 4.78 is 5.07. The zero-order chi connectivity index (χ0) is 15.1. The van der Waals surface area contributed by atoms with Gasteiger partial charge in [-0.05, 0) is 31.5 Å². The molecule has 5 nitrogen and oxygen atoms in total. The molecule has 1 amide bonds. The number of hydrogen-bond acceptors (Lipinski definition) is 4. The van der Waals surface area contributed by atoms with Crippen LogP contribution in [0.5, 0.6) is 0 Å². The second-order valence-electron chi connectivity index (χ2n) is 5.11. The van der Waals surface area contributed by atoms with Gasteiger partial charge in [0.25, 0.3) is 0 Å². The molecule has 1 aromatic carbocycles. The Morgan fingerprint density at radius 1 is 1.19 bits per heavy atom. The van der Waals surface area contributed by atoms with Crippen LogP contribution >= 0.6 is 12.4 Å². The van der Waals surface area contributed by atoms with Gasteiger partial charge in [-0.1, -0.05) is 19.1 Å². The number of carbonyl (C=O) groups is 2. The quantitative estimate of drug-likeness (QED) is 0.621.